The van der Waals surface area contributed by atoms with Crippen molar-refractivity contribution in [3.05, 3.63) is 0 Å². The molecule has 1 atom stereocenters. The topological polar surface area (TPSA) is 26.3 Å². The Balaban J connectivity index is 3.47. The molecule has 0 rings (SSSR count). The number of hydrogen-bond acceptors (Lipinski definition) is 2. The maximum atomic E-state index is 11.1. The summed E-state index contributed by atoms with van der Waals surface area (Å²) in [4.78, 5) is 11.0. The van der Waals surface area contributed by atoms with Gasteiger partial charge in [-0.2, -0.15) is 0 Å². The number of esters is 1. The van der Waals surface area contributed by atoms with Crippen molar-refractivity contribution in [1.82, 2.24) is 0 Å². The zero-order chi connectivity index (χ0) is 9.40. The van der Waals surface area contributed by atoms with Crippen LogP contribution in [0.25, 0.3) is 0 Å². The molecule has 0 aromatic heterocycles. The standard InChI is InChI=1S/C9H17BrO2/c1-3-5-6-8(10)9(11)12-7-4-2/h8H,3-7H2,1-2H3. The molecule has 0 aromatic rings. The number of unbranched alkanes of at least 4 members (excludes halogenated alkanes) is 1. The third-order valence-electron chi connectivity index (χ3n) is 1.52. The number of halogens is 1. The van der Waals surface area contributed by atoms with Crippen molar-refractivity contribution < 1.29 is 9.53 Å². The summed E-state index contributed by atoms with van der Waals surface area (Å²) in [7, 11) is 0. The molecule has 1 unspecified atom stereocenters. The molecule has 0 aliphatic rings. The van der Waals surface area contributed by atoms with E-state index >= 15 is 0 Å². The van der Waals surface area contributed by atoms with Gasteiger partial charge in [-0.15, -0.1) is 0 Å². The lowest BCUT2D eigenvalue weighted by molar-refractivity contribution is -0.142. The van der Waals surface area contributed by atoms with Gasteiger partial charge in [0.2, 0.25) is 0 Å². The fourth-order valence-corrected chi connectivity index (χ4v) is 1.25. The molecule has 0 fully saturated rings. The summed E-state index contributed by atoms with van der Waals surface area (Å²) in [6.45, 7) is 4.63. The van der Waals surface area contributed by atoms with E-state index in [9.17, 15) is 4.79 Å². The van der Waals surface area contributed by atoms with Crippen molar-refractivity contribution in [2.75, 3.05) is 6.61 Å². The minimum absolute atomic E-state index is 0.107. The Morgan fingerprint density at radius 1 is 1.42 bits per heavy atom. The van der Waals surface area contributed by atoms with E-state index in [0.717, 1.165) is 25.7 Å². The highest BCUT2D eigenvalue weighted by Crippen LogP contribution is 2.11. The zero-order valence-electron chi connectivity index (χ0n) is 7.81. The van der Waals surface area contributed by atoms with E-state index in [2.05, 4.69) is 22.9 Å². The van der Waals surface area contributed by atoms with Gasteiger partial charge in [-0.05, 0) is 12.8 Å². The molecule has 0 radical (unpaired) electrons. The quantitative estimate of drug-likeness (QED) is 0.524. The third-order valence-corrected chi connectivity index (χ3v) is 2.35. The van der Waals surface area contributed by atoms with Crippen LogP contribution in [0.5, 0.6) is 0 Å². The monoisotopic (exact) mass is 236 g/mol. The van der Waals surface area contributed by atoms with Crippen LogP contribution >= 0.6 is 15.9 Å². The highest BCUT2D eigenvalue weighted by atomic mass is 79.9. The molecule has 0 N–H and O–H groups in total. The minimum atomic E-state index is -0.120. The first-order valence-electron chi connectivity index (χ1n) is 4.53. The second-order valence-electron chi connectivity index (χ2n) is 2.78. The molecule has 0 heterocycles. The molecule has 0 aromatic carbocycles. The van der Waals surface area contributed by atoms with Crippen molar-refractivity contribution in [3.63, 3.8) is 0 Å². The minimum Gasteiger partial charge on any atom is -0.465 e. The third kappa shape index (κ3) is 5.58. The maximum absolute atomic E-state index is 11.1. The molecule has 0 saturated heterocycles. The van der Waals surface area contributed by atoms with Crippen LogP contribution in [0, 0.1) is 0 Å². The van der Waals surface area contributed by atoms with Crippen molar-refractivity contribution in [2.24, 2.45) is 0 Å². The summed E-state index contributed by atoms with van der Waals surface area (Å²) in [6.07, 6.45) is 3.94. The number of carbonyl (C=O) groups excluding carboxylic acids is 1. The second-order valence-corrected chi connectivity index (χ2v) is 3.88. The molecule has 2 nitrogen and oxygen atoms in total. The highest BCUT2D eigenvalue weighted by Gasteiger charge is 2.14. The smallest absolute Gasteiger partial charge is 0.319 e. The van der Waals surface area contributed by atoms with Crippen LogP contribution in [-0.2, 0) is 9.53 Å². The van der Waals surface area contributed by atoms with E-state index in [1.54, 1.807) is 0 Å². The first kappa shape index (κ1) is 11.9. The van der Waals surface area contributed by atoms with Gasteiger partial charge < -0.3 is 4.74 Å². The lowest BCUT2D eigenvalue weighted by Crippen LogP contribution is -2.17. The zero-order valence-corrected chi connectivity index (χ0v) is 9.39. The normalized spacial score (nSPS) is 12.6. The average molecular weight is 237 g/mol. The van der Waals surface area contributed by atoms with E-state index in [0.29, 0.717) is 6.61 Å². The van der Waals surface area contributed by atoms with Crippen LogP contribution in [0.2, 0.25) is 0 Å². The highest BCUT2D eigenvalue weighted by molar-refractivity contribution is 9.10. The molecule has 72 valence electrons. The van der Waals surface area contributed by atoms with E-state index in [1.165, 1.54) is 0 Å². The number of carbonyl (C=O) groups is 1. The van der Waals surface area contributed by atoms with E-state index < -0.39 is 0 Å². The summed E-state index contributed by atoms with van der Waals surface area (Å²) >= 11 is 3.30. The molecule has 0 saturated carbocycles. The van der Waals surface area contributed by atoms with Crippen molar-refractivity contribution in [1.29, 1.82) is 0 Å². The Kier molecular flexibility index (Phi) is 7.56. The maximum Gasteiger partial charge on any atom is 0.319 e. The molecular formula is C9H17BrO2. The van der Waals surface area contributed by atoms with Gasteiger partial charge in [0.25, 0.3) is 0 Å². The van der Waals surface area contributed by atoms with Gasteiger partial charge in [0.1, 0.15) is 4.83 Å². The predicted octanol–water partition coefficient (Wildman–Crippen LogP) is 2.89. The van der Waals surface area contributed by atoms with E-state index in [4.69, 9.17) is 4.74 Å². The fraction of sp³-hybridized carbons (Fsp3) is 0.889. The van der Waals surface area contributed by atoms with Crippen molar-refractivity contribution in [3.8, 4) is 0 Å². The lowest BCUT2D eigenvalue weighted by Gasteiger charge is -2.08. The average Bonchev–Trinajstić information content (AvgIpc) is 2.10. The second kappa shape index (κ2) is 7.59. The summed E-state index contributed by atoms with van der Waals surface area (Å²) in [5.74, 6) is -0.120. The van der Waals surface area contributed by atoms with Crippen LogP contribution in [0.4, 0.5) is 0 Å². The number of rotatable bonds is 6. The summed E-state index contributed by atoms with van der Waals surface area (Å²) < 4.78 is 4.96. The number of alkyl halides is 1. The summed E-state index contributed by atoms with van der Waals surface area (Å²) in [5, 5.41) is 0. The fourth-order valence-electron chi connectivity index (χ4n) is 0.794. The molecule has 0 aliphatic carbocycles. The van der Waals surface area contributed by atoms with Crippen molar-refractivity contribution in [2.45, 2.75) is 44.4 Å². The van der Waals surface area contributed by atoms with Crippen molar-refractivity contribution >= 4 is 21.9 Å². The van der Waals surface area contributed by atoms with Crippen LogP contribution in [0.15, 0.2) is 0 Å². The Morgan fingerprint density at radius 3 is 2.58 bits per heavy atom. The number of ether oxygens (including phenoxy) is 1. The summed E-state index contributed by atoms with van der Waals surface area (Å²) in [6, 6.07) is 0. The van der Waals surface area contributed by atoms with Gasteiger partial charge in [-0.1, -0.05) is 42.6 Å². The molecule has 0 spiro atoms. The first-order chi connectivity index (χ1) is 5.72. The first-order valence-corrected chi connectivity index (χ1v) is 5.44. The van der Waals surface area contributed by atoms with Crippen LogP contribution in [0.3, 0.4) is 0 Å². The molecule has 0 amide bonds. The number of hydrogen-bond donors (Lipinski definition) is 0. The van der Waals surface area contributed by atoms with Crippen LogP contribution < -0.4 is 0 Å². The van der Waals surface area contributed by atoms with Crippen LogP contribution in [-0.4, -0.2) is 17.4 Å². The largest absolute Gasteiger partial charge is 0.465 e. The van der Waals surface area contributed by atoms with Gasteiger partial charge >= 0.3 is 5.97 Å². The molecule has 12 heavy (non-hydrogen) atoms. The Labute approximate surface area is 82.8 Å². The van der Waals surface area contributed by atoms with Crippen LogP contribution in [0.1, 0.15) is 39.5 Å². The SMILES string of the molecule is CCCCC(Br)C(=O)OCCC. The molecule has 0 bridgehead atoms. The van der Waals surface area contributed by atoms with Gasteiger partial charge in [0.05, 0.1) is 6.61 Å². The Bertz CT molecular complexity index is 126. The van der Waals surface area contributed by atoms with Gasteiger partial charge in [-0.25, -0.2) is 0 Å². The lowest BCUT2D eigenvalue weighted by atomic mass is 10.2. The van der Waals surface area contributed by atoms with E-state index in [-0.39, 0.29) is 10.8 Å². The summed E-state index contributed by atoms with van der Waals surface area (Å²) in [5.41, 5.74) is 0. The van der Waals surface area contributed by atoms with E-state index in [1.807, 2.05) is 6.92 Å². The molecular weight excluding hydrogens is 220 g/mol. The van der Waals surface area contributed by atoms with Gasteiger partial charge in [0, 0.05) is 0 Å². The Morgan fingerprint density at radius 2 is 2.08 bits per heavy atom. The predicted molar refractivity (Wildman–Crippen MR) is 53.5 cm³/mol. The molecule has 3 heteroatoms. The molecule has 0 aliphatic heterocycles. The van der Waals surface area contributed by atoms with Gasteiger partial charge in [-0.3, -0.25) is 4.79 Å². The van der Waals surface area contributed by atoms with Gasteiger partial charge in [0.15, 0.2) is 0 Å². The Hall–Kier alpha value is -0.0500.